The Morgan fingerprint density at radius 3 is 2.15 bits per heavy atom. The van der Waals surface area contributed by atoms with E-state index in [-0.39, 0.29) is 0 Å². The van der Waals surface area contributed by atoms with E-state index in [0.717, 1.165) is 9.87 Å². The second-order valence-corrected chi connectivity index (χ2v) is 4.83. The number of carbonyl (C=O) groups excluding carboxylic acids is 1. The highest BCUT2D eigenvalue weighted by Gasteiger charge is 2.20. The predicted octanol–water partition coefficient (Wildman–Crippen LogP) is 2.54. The lowest BCUT2D eigenvalue weighted by Crippen LogP contribution is -2.40. The van der Waals surface area contributed by atoms with Gasteiger partial charge in [0.2, 0.25) is 0 Å². The zero-order chi connectivity index (χ0) is 14.4. The zero-order valence-corrected chi connectivity index (χ0v) is 11.4. The summed E-state index contributed by atoms with van der Waals surface area (Å²) in [6.45, 7) is 0.292. The van der Waals surface area contributed by atoms with Crippen molar-refractivity contribution in [3.8, 4) is 0 Å². The summed E-state index contributed by atoms with van der Waals surface area (Å²) in [5.41, 5.74) is 1.27. The van der Waals surface area contributed by atoms with E-state index in [4.69, 9.17) is 0 Å². The number of hydrogen-bond acceptors (Lipinski definition) is 2. The minimum absolute atomic E-state index is 0.292. The Labute approximate surface area is 119 Å². The molecule has 20 heavy (non-hydrogen) atoms. The van der Waals surface area contributed by atoms with Crippen LogP contribution in [0.15, 0.2) is 60.7 Å². The highest BCUT2D eigenvalue weighted by molar-refractivity contribution is 7.81. The van der Waals surface area contributed by atoms with Crippen LogP contribution in [0.5, 0.6) is 0 Å². The van der Waals surface area contributed by atoms with Crippen molar-refractivity contribution in [2.75, 3.05) is 4.31 Å². The van der Waals surface area contributed by atoms with Gasteiger partial charge in [-0.15, -0.1) is 0 Å². The van der Waals surface area contributed by atoms with E-state index in [1.165, 1.54) is 0 Å². The fraction of sp³-hybridized carbons (Fsp3) is 0.0714. The Kier molecular flexibility index (Phi) is 4.86. The third-order valence-electron chi connectivity index (χ3n) is 2.62. The molecule has 1 atom stereocenters. The first-order valence-corrected chi connectivity index (χ1v) is 7.03. The zero-order valence-electron chi connectivity index (χ0n) is 10.6. The average molecular weight is 290 g/mol. The molecule has 0 aliphatic rings. The third-order valence-corrected chi connectivity index (χ3v) is 3.31. The molecule has 0 aliphatic heterocycles. The Balaban J connectivity index is 2.07. The highest BCUT2D eigenvalue weighted by atomic mass is 32.2. The molecule has 0 heterocycles. The molecule has 6 heteroatoms. The molecule has 0 aromatic heterocycles. The Hall–Kier alpha value is -2.18. The van der Waals surface area contributed by atoms with Crippen molar-refractivity contribution in [3.63, 3.8) is 0 Å². The Bertz CT molecular complexity index is 590. The summed E-state index contributed by atoms with van der Waals surface area (Å²) in [7, 11) is 0. The maximum absolute atomic E-state index is 12.0. The van der Waals surface area contributed by atoms with Crippen LogP contribution in [0, 0.1) is 0 Å². The lowest BCUT2D eigenvalue weighted by Gasteiger charge is -2.18. The van der Waals surface area contributed by atoms with Crippen LogP contribution in [0.25, 0.3) is 0 Å². The average Bonchev–Trinajstić information content (AvgIpc) is 2.47. The number of rotatable bonds is 4. The summed E-state index contributed by atoms with van der Waals surface area (Å²) in [5.74, 6) is 0. The van der Waals surface area contributed by atoms with Crippen LogP contribution in [-0.2, 0) is 17.8 Å². The minimum atomic E-state index is -2.42. The van der Waals surface area contributed by atoms with Crippen molar-refractivity contribution in [1.82, 2.24) is 5.32 Å². The normalized spacial score (nSPS) is 11.7. The standard InChI is InChI=1S/C14H14N2O3S/c17-14(15-11-12-7-3-1-4-8-12)16(20(18)19)13-9-5-2-6-10-13/h1-10H,11H2,(H,15,17)(H,18,19). The number of hydrogen-bond donors (Lipinski definition) is 2. The summed E-state index contributed by atoms with van der Waals surface area (Å²) in [6.07, 6.45) is 0. The van der Waals surface area contributed by atoms with Crippen molar-refractivity contribution in [3.05, 3.63) is 66.2 Å². The van der Waals surface area contributed by atoms with Crippen LogP contribution in [-0.4, -0.2) is 14.8 Å². The first-order valence-electron chi connectivity index (χ1n) is 5.96. The van der Waals surface area contributed by atoms with Crippen LogP contribution in [0.2, 0.25) is 0 Å². The lowest BCUT2D eigenvalue weighted by atomic mass is 10.2. The maximum atomic E-state index is 12.0. The molecule has 0 aliphatic carbocycles. The number of urea groups is 1. The highest BCUT2D eigenvalue weighted by Crippen LogP contribution is 2.14. The summed E-state index contributed by atoms with van der Waals surface area (Å²) < 4.78 is 21.4. The molecule has 5 nitrogen and oxygen atoms in total. The lowest BCUT2D eigenvalue weighted by molar-refractivity contribution is 0.249. The van der Waals surface area contributed by atoms with E-state index in [1.807, 2.05) is 30.3 Å². The van der Waals surface area contributed by atoms with Gasteiger partial charge < -0.3 is 5.32 Å². The largest absolute Gasteiger partial charge is 0.336 e. The van der Waals surface area contributed by atoms with Gasteiger partial charge in [-0.2, -0.15) is 4.31 Å². The summed E-state index contributed by atoms with van der Waals surface area (Å²) >= 11 is -2.42. The van der Waals surface area contributed by atoms with Gasteiger partial charge in [-0.05, 0) is 17.7 Å². The van der Waals surface area contributed by atoms with Gasteiger partial charge in [0, 0.05) is 6.54 Å². The number of benzene rings is 2. The van der Waals surface area contributed by atoms with Crippen LogP contribution in [0.1, 0.15) is 5.56 Å². The molecule has 0 saturated heterocycles. The van der Waals surface area contributed by atoms with E-state index in [0.29, 0.717) is 12.2 Å². The van der Waals surface area contributed by atoms with E-state index >= 15 is 0 Å². The van der Waals surface area contributed by atoms with E-state index in [1.54, 1.807) is 30.3 Å². The summed E-state index contributed by atoms with van der Waals surface area (Å²) in [6, 6.07) is 17.0. The van der Waals surface area contributed by atoms with Gasteiger partial charge >= 0.3 is 6.03 Å². The second-order valence-electron chi connectivity index (χ2n) is 4.00. The second kappa shape index (κ2) is 6.83. The Morgan fingerprint density at radius 1 is 1.05 bits per heavy atom. The number of nitrogens with zero attached hydrogens (tertiary/aromatic N) is 1. The molecule has 1 unspecified atom stereocenters. The van der Waals surface area contributed by atoms with Gasteiger partial charge in [-0.3, -0.25) is 4.55 Å². The monoisotopic (exact) mass is 290 g/mol. The van der Waals surface area contributed by atoms with Crippen LogP contribution < -0.4 is 9.62 Å². The number of nitrogens with one attached hydrogen (secondary N) is 1. The molecule has 0 bridgehead atoms. The molecule has 0 spiro atoms. The maximum Gasteiger partial charge on any atom is 0.336 e. The molecule has 2 rings (SSSR count). The topological polar surface area (TPSA) is 69.6 Å². The fourth-order valence-electron chi connectivity index (χ4n) is 1.69. The van der Waals surface area contributed by atoms with Crippen molar-refractivity contribution in [2.24, 2.45) is 0 Å². The number of amides is 2. The number of anilines is 1. The van der Waals surface area contributed by atoms with Crippen LogP contribution >= 0.6 is 0 Å². The van der Waals surface area contributed by atoms with Gasteiger partial charge in [0.25, 0.3) is 11.3 Å². The van der Waals surface area contributed by atoms with Crippen LogP contribution in [0.4, 0.5) is 10.5 Å². The molecular formula is C14H14N2O3S. The SMILES string of the molecule is O=C(NCc1ccccc1)N(c1ccccc1)S(=O)O. The van der Waals surface area contributed by atoms with Gasteiger partial charge in [-0.1, -0.05) is 48.5 Å². The van der Waals surface area contributed by atoms with Gasteiger partial charge in [-0.25, -0.2) is 9.00 Å². The van der Waals surface area contributed by atoms with Gasteiger partial charge in [0.1, 0.15) is 0 Å². The van der Waals surface area contributed by atoms with E-state index in [9.17, 15) is 13.6 Å². The van der Waals surface area contributed by atoms with Crippen molar-refractivity contribution in [2.45, 2.75) is 6.54 Å². The Morgan fingerprint density at radius 2 is 1.60 bits per heavy atom. The van der Waals surface area contributed by atoms with Crippen LogP contribution in [0.3, 0.4) is 0 Å². The fourth-order valence-corrected chi connectivity index (χ4v) is 2.20. The molecule has 0 radical (unpaired) electrons. The molecule has 104 valence electrons. The minimum Gasteiger partial charge on any atom is -0.333 e. The van der Waals surface area contributed by atoms with Crippen molar-refractivity contribution < 1.29 is 13.6 Å². The summed E-state index contributed by atoms with van der Waals surface area (Å²) in [4.78, 5) is 12.0. The van der Waals surface area contributed by atoms with Gasteiger partial charge in [0.15, 0.2) is 0 Å². The summed E-state index contributed by atoms with van der Waals surface area (Å²) in [5, 5.41) is 2.61. The van der Waals surface area contributed by atoms with Crippen molar-refractivity contribution in [1.29, 1.82) is 0 Å². The van der Waals surface area contributed by atoms with E-state index < -0.39 is 17.3 Å². The van der Waals surface area contributed by atoms with E-state index in [2.05, 4.69) is 5.32 Å². The molecule has 2 amide bonds. The molecule has 2 aromatic carbocycles. The molecule has 2 N–H and O–H groups in total. The molecule has 0 fully saturated rings. The first-order chi connectivity index (χ1) is 9.68. The first kappa shape index (κ1) is 14.2. The number of carbonyl (C=O) groups is 1. The molecule has 0 saturated carbocycles. The predicted molar refractivity (Wildman–Crippen MR) is 78.4 cm³/mol. The molecule has 2 aromatic rings. The molecular weight excluding hydrogens is 276 g/mol. The number of para-hydroxylation sites is 1. The quantitative estimate of drug-likeness (QED) is 0.850. The third kappa shape index (κ3) is 3.66. The van der Waals surface area contributed by atoms with Crippen molar-refractivity contribution >= 4 is 23.0 Å². The van der Waals surface area contributed by atoms with Gasteiger partial charge in [0.05, 0.1) is 5.69 Å². The smallest absolute Gasteiger partial charge is 0.333 e.